The number of alkyl halides is 3. The zero-order valence-corrected chi connectivity index (χ0v) is 11.5. The maximum absolute atomic E-state index is 12.3. The van der Waals surface area contributed by atoms with Crippen LogP contribution in [-0.4, -0.2) is 11.3 Å². The number of phenolic OH excluding ortho intramolecular Hbond substituents is 1. The maximum atomic E-state index is 12.3. The summed E-state index contributed by atoms with van der Waals surface area (Å²) in [7, 11) is 0. The van der Waals surface area contributed by atoms with Crippen LogP contribution in [0.5, 0.6) is 5.75 Å². The Bertz CT molecular complexity index is 381. The lowest BCUT2D eigenvalue weighted by Crippen LogP contribution is -2.28. The molecule has 1 atom stereocenters. The Morgan fingerprint density at radius 3 is 2.27 bits per heavy atom. The fourth-order valence-electron chi connectivity index (χ4n) is 0.999. The third kappa shape index (κ3) is 3.09. The van der Waals surface area contributed by atoms with Crippen molar-refractivity contribution in [2.75, 3.05) is 0 Å². The van der Waals surface area contributed by atoms with Gasteiger partial charge in [-0.2, -0.15) is 13.2 Å². The molecule has 3 N–H and O–H groups in total. The molecule has 7 heteroatoms. The van der Waals surface area contributed by atoms with Crippen LogP contribution in [0.1, 0.15) is 11.6 Å². The summed E-state index contributed by atoms with van der Waals surface area (Å²) < 4.78 is 38.0. The van der Waals surface area contributed by atoms with Crippen LogP contribution in [0, 0.1) is 7.14 Å². The summed E-state index contributed by atoms with van der Waals surface area (Å²) in [5.74, 6) is -0.402. The van der Waals surface area contributed by atoms with Gasteiger partial charge in [0.2, 0.25) is 0 Å². The van der Waals surface area contributed by atoms with E-state index in [0.29, 0.717) is 7.14 Å². The van der Waals surface area contributed by atoms with Gasteiger partial charge in [0.05, 0.1) is 3.57 Å². The Hall–Kier alpha value is 0.230. The molecule has 0 amide bonds. The molecule has 1 aromatic carbocycles. The molecule has 0 bridgehead atoms. The Balaban J connectivity index is 3.25. The monoisotopic (exact) mass is 443 g/mol. The molecular weight excluding hydrogens is 437 g/mol. The lowest BCUT2D eigenvalue weighted by atomic mass is 10.1. The van der Waals surface area contributed by atoms with Gasteiger partial charge in [-0.25, -0.2) is 0 Å². The molecule has 0 aromatic heterocycles. The second-order valence-corrected chi connectivity index (χ2v) is 5.25. The first-order chi connectivity index (χ1) is 6.73. The summed E-state index contributed by atoms with van der Waals surface area (Å²) in [5, 5.41) is 9.46. The van der Waals surface area contributed by atoms with Crippen molar-refractivity contribution in [3.63, 3.8) is 0 Å². The molecule has 2 nitrogen and oxygen atoms in total. The average molecular weight is 443 g/mol. The second kappa shape index (κ2) is 4.62. The molecule has 15 heavy (non-hydrogen) atoms. The van der Waals surface area contributed by atoms with Crippen molar-refractivity contribution in [3.8, 4) is 5.75 Å². The highest BCUT2D eigenvalue weighted by molar-refractivity contribution is 14.1. The van der Waals surface area contributed by atoms with Crippen LogP contribution in [0.25, 0.3) is 0 Å². The number of nitrogens with two attached hydrogens (primary N) is 1. The van der Waals surface area contributed by atoms with Crippen molar-refractivity contribution in [2.45, 2.75) is 12.2 Å². The van der Waals surface area contributed by atoms with E-state index >= 15 is 0 Å². The van der Waals surface area contributed by atoms with Gasteiger partial charge >= 0.3 is 6.18 Å². The molecule has 0 fully saturated rings. The van der Waals surface area contributed by atoms with E-state index in [0.717, 1.165) is 0 Å². The zero-order chi connectivity index (χ0) is 11.8. The fraction of sp³-hybridized carbons (Fsp3) is 0.250. The van der Waals surface area contributed by atoms with Crippen LogP contribution in [0.15, 0.2) is 12.1 Å². The third-order valence-electron chi connectivity index (χ3n) is 1.75. The van der Waals surface area contributed by atoms with Gasteiger partial charge in [0.15, 0.2) is 0 Å². The van der Waals surface area contributed by atoms with E-state index in [1.807, 2.05) is 22.6 Å². The van der Waals surface area contributed by atoms with Crippen LogP contribution in [0.3, 0.4) is 0 Å². The van der Waals surface area contributed by atoms with Gasteiger partial charge in [-0.15, -0.1) is 0 Å². The number of aromatic hydroxyl groups is 1. The SMILES string of the molecule is N[C@@H](c1cc(I)cc(I)c1O)C(F)(F)F. The van der Waals surface area contributed by atoms with Crippen LogP contribution in [0.4, 0.5) is 13.2 Å². The first-order valence-electron chi connectivity index (χ1n) is 3.73. The zero-order valence-electron chi connectivity index (χ0n) is 7.15. The predicted molar refractivity (Wildman–Crippen MR) is 66.5 cm³/mol. The van der Waals surface area contributed by atoms with Crippen molar-refractivity contribution in [2.24, 2.45) is 5.73 Å². The molecule has 0 radical (unpaired) electrons. The number of halogens is 5. The van der Waals surface area contributed by atoms with E-state index in [1.165, 1.54) is 6.07 Å². The number of benzene rings is 1. The van der Waals surface area contributed by atoms with Gasteiger partial charge in [0.25, 0.3) is 0 Å². The summed E-state index contributed by atoms with van der Waals surface area (Å²) >= 11 is 3.63. The third-order valence-corrected chi connectivity index (χ3v) is 3.19. The fourth-order valence-corrected chi connectivity index (χ4v) is 2.89. The second-order valence-electron chi connectivity index (χ2n) is 2.84. The van der Waals surface area contributed by atoms with E-state index in [-0.39, 0.29) is 5.56 Å². The van der Waals surface area contributed by atoms with E-state index in [9.17, 15) is 18.3 Å². The maximum Gasteiger partial charge on any atom is 0.407 e. The number of phenols is 1. The van der Waals surface area contributed by atoms with Crippen LogP contribution in [-0.2, 0) is 0 Å². The van der Waals surface area contributed by atoms with Crippen LogP contribution >= 0.6 is 45.2 Å². The standard InChI is InChI=1S/C8H6F3I2NO/c9-8(10,11)7(14)4-1-3(12)2-5(13)6(4)15/h1-2,7,15H,14H2/t7-/m0/s1. The predicted octanol–water partition coefficient (Wildman–Crippen LogP) is 3.16. The molecule has 1 aromatic rings. The molecule has 0 saturated carbocycles. The van der Waals surface area contributed by atoms with Gasteiger partial charge < -0.3 is 10.8 Å². The van der Waals surface area contributed by atoms with Gasteiger partial charge in [-0.1, -0.05) is 0 Å². The summed E-state index contributed by atoms with van der Waals surface area (Å²) in [6, 6.07) is 0.653. The summed E-state index contributed by atoms with van der Waals surface area (Å²) in [4.78, 5) is 0. The van der Waals surface area contributed by atoms with Gasteiger partial charge in [-0.05, 0) is 57.3 Å². The molecule has 84 valence electrons. The first kappa shape index (κ1) is 13.3. The summed E-state index contributed by atoms with van der Waals surface area (Å²) in [5.41, 5.74) is 4.73. The lowest BCUT2D eigenvalue weighted by Gasteiger charge is -2.18. The smallest absolute Gasteiger partial charge is 0.407 e. The van der Waals surface area contributed by atoms with Gasteiger partial charge in [0.1, 0.15) is 11.8 Å². The number of hydrogen-bond donors (Lipinski definition) is 2. The molecular formula is C8H6F3I2NO. The molecule has 0 heterocycles. The first-order valence-corrected chi connectivity index (χ1v) is 5.89. The average Bonchev–Trinajstić information content (AvgIpc) is 2.08. The molecule has 0 aliphatic carbocycles. The molecule has 0 saturated heterocycles. The van der Waals surface area contributed by atoms with Crippen LogP contribution < -0.4 is 5.73 Å². The van der Waals surface area contributed by atoms with Crippen molar-refractivity contribution < 1.29 is 18.3 Å². The highest BCUT2D eigenvalue weighted by Crippen LogP contribution is 2.37. The number of hydrogen-bond acceptors (Lipinski definition) is 2. The van der Waals surface area contributed by atoms with Crippen molar-refractivity contribution >= 4 is 45.2 Å². The topological polar surface area (TPSA) is 46.2 Å². The van der Waals surface area contributed by atoms with Crippen molar-refractivity contribution in [1.82, 2.24) is 0 Å². The lowest BCUT2D eigenvalue weighted by molar-refractivity contribution is -0.149. The summed E-state index contributed by atoms with van der Waals surface area (Å²) in [6.07, 6.45) is -4.55. The molecule has 1 rings (SSSR count). The van der Waals surface area contributed by atoms with Gasteiger partial charge in [0, 0.05) is 9.13 Å². The van der Waals surface area contributed by atoms with Gasteiger partial charge in [-0.3, -0.25) is 0 Å². The van der Waals surface area contributed by atoms with E-state index in [1.54, 1.807) is 28.7 Å². The molecule has 0 aliphatic rings. The highest BCUT2D eigenvalue weighted by atomic mass is 127. The normalized spacial score (nSPS) is 14.0. The Morgan fingerprint density at radius 2 is 1.80 bits per heavy atom. The molecule has 0 unspecified atom stereocenters. The minimum atomic E-state index is -4.55. The van der Waals surface area contributed by atoms with E-state index in [4.69, 9.17) is 5.73 Å². The minimum Gasteiger partial charge on any atom is -0.506 e. The Labute approximate surface area is 111 Å². The highest BCUT2D eigenvalue weighted by Gasteiger charge is 2.39. The Morgan fingerprint density at radius 1 is 1.27 bits per heavy atom. The minimum absolute atomic E-state index is 0.293. The largest absolute Gasteiger partial charge is 0.506 e. The van der Waals surface area contributed by atoms with E-state index < -0.39 is 18.0 Å². The Kier molecular flexibility index (Phi) is 4.09. The quantitative estimate of drug-likeness (QED) is 0.656. The molecule has 0 aliphatic heterocycles. The molecule has 0 spiro atoms. The van der Waals surface area contributed by atoms with Crippen LogP contribution in [0.2, 0.25) is 0 Å². The van der Waals surface area contributed by atoms with Crippen molar-refractivity contribution in [3.05, 3.63) is 24.8 Å². The number of rotatable bonds is 1. The van der Waals surface area contributed by atoms with E-state index in [2.05, 4.69) is 0 Å². The summed E-state index contributed by atoms with van der Waals surface area (Å²) in [6.45, 7) is 0. The van der Waals surface area contributed by atoms with Crippen molar-refractivity contribution in [1.29, 1.82) is 0 Å².